The molecule has 1 aromatic rings. The summed E-state index contributed by atoms with van der Waals surface area (Å²) in [5, 5.41) is 6.88. The molecule has 0 bridgehead atoms. The molecular weight excluding hydrogens is 392 g/mol. The van der Waals surface area contributed by atoms with E-state index in [1.54, 1.807) is 0 Å². The van der Waals surface area contributed by atoms with E-state index in [1.807, 2.05) is 18.7 Å². The van der Waals surface area contributed by atoms with Gasteiger partial charge in [-0.25, -0.2) is 4.57 Å². The van der Waals surface area contributed by atoms with Crippen molar-refractivity contribution in [3.8, 4) is 0 Å². The first-order valence-electron chi connectivity index (χ1n) is 11.5. The van der Waals surface area contributed by atoms with E-state index < -0.39 is 0 Å². The van der Waals surface area contributed by atoms with Crippen LogP contribution in [0.4, 0.5) is 0 Å². The monoisotopic (exact) mass is 441 g/mol. The number of allylic oxidation sites excluding steroid dienone is 2. The number of aromatic nitrogens is 2. The number of hydrogen-bond acceptors (Lipinski definition) is 2. The molecule has 1 rings (SSSR count). The Morgan fingerprint density at radius 1 is 0.900 bits per heavy atom. The summed E-state index contributed by atoms with van der Waals surface area (Å²) in [7, 11) is 0. The Labute approximate surface area is 192 Å². The molecule has 176 valence electrons. The van der Waals surface area contributed by atoms with Gasteiger partial charge < -0.3 is 10.6 Å². The molecule has 0 saturated carbocycles. The predicted molar refractivity (Wildman–Crippen MR) is 135 cm³/mol. The van der Waals surface area contributed by atoms with Crippen LogP contribution in [0.25, 0.3) is 0 Å². The lowest BCUT2D eigenvalue weighted by atomic mass is 9.91. The van der Waals surface area contributed by atoms with E-state index in [4.69, 9.17) is 0 Å². The molecule has 0 amide bonds. The number of hydrogen-bond donors (Lipinski definition) is 3. The van der Waals surface area contributed by atoms with Gasteiger partial charge in [-0.1, -0.05) is 79.9 Å². The third-order valence-corrected chi connectivity index (χ3v) is 4.07. The van der Waals surface area contributed by atoms with E-state index in [2.05, 4.69) is 79.6 Å². The van der Waals surface area contributed by atoms with Crippen LogP contribution in [-0.4, -0.2) is 24.5 Å². The van der Waals surface area contributed by atoms with Crippen molar-refractivity contribution in [2.45, 2.75) is 92.5 Å². The van der Waals surface area contributed by atoms with Gasteiger partial charge in [-0.05, 0) is 24.7 Å². The van der Waals surface area contributed by atoms with E-state index in [9.17, 15) is 0 Å². The van der Waals surface area contributed by atoms with Crippen molar-refractivity contribution in [2.75, 3.05) is 19.5 Å². The first kappa shape index (κ1) is 30.8. The van der Waals surface area contributed by atoms with E-state index in [0.29, 0.717) is 5.41 Å². The maximum Gasteiger partial charge on any atom is 0.241 e. The second kappa shape index (κ2) is 20.8. The molecule has 5 heteroatoms. The molecule has 1 aromatic heterocycles. The third-order valence-electron chi connectivity index (χ3n) is 4.07. The van der Waals surface area contributed by atoms with E-state index >= 15 is 0 Å². The van der Waals surface area contributed by atoms with Crippen LogP contribution in [-0.2, 0) is 6.54 Å². The topological polar surface area (TPSA) is 43.7 Å². The van der Waals surface area contributed by atoms with Gasteiger partial charge in [0.15, 0.2) is 0 Å². The van der Waals surface area contributed by atoms with Crippen LogP contribution in [0.15, 0.2) is 43.3 Å². The summed E-state index contributed by atoms with van der Waals surface area (Å²) in [4.78, 5) is 3.04. The van der Waals surface area contributed by atoms with Crippen molar-refractivity contribution in [3.05, 3.63) is 43.3 Å². The van der Waals surface area contributed by atoms with Crippen LogP contribution in [0.3, 0.4) is 0 Å². The first-order chi connectivity index (χ1) is 14.3. The average Bonchev–Trinajstić information content (AvgIpc) is 3.17. The second-order valence-corrected chi connectivity index (χ2v) is 8.91. The molecule has 0 aliphatic heterocycles. The second-order valence-electron chi connectivity index (χ2n) is 8.91. The summed E-state index contributed by atoms with van der Waals surface area (Å²) in [5.74, 6) is 0. The lowest BCUT2D eigenvalue weighted by Crippen LogP contribution is -2.35. The Kier molecular flexibility index (Phi) is 21.4. The average molecular weight is 442 g/mol. The maximum atomic E-state index is 4.64. The Morgan fingerprint density at radius 2 is 1.37 bits per heavy atom. The summed E-state index contributed by atoms with van der Waals surface area (Å²) in [6.07, 6.45) is 17.4. The van der Waals surface area contributed by atoms with Crippen molar-refractivity contribution < 1.29 is 4.57 Å². The van der Waals surface area contributed by atoms with Gasteiger partial charge in [0.2, 0.25) is 6.33 Å². The third kappa shape index (κ3) is 22.9. The zero-order chi connectivity index (χ0) is 23.3. The fourth-order valence-corrected chi connectivity index (χ4v) is 2.89. The van der Waals surface area contributed by atoms with Gasteiger partial charge in [-0.3, -0.25) is 4.98 Å². The number of imidazole rings is 1. The van der Waals surface area contributed by atoms with Gasteiger partial charge >= 0.3 is 0 Å². The van der Waals surface area contributed by atoms with E-state index in [-0.39, 0.29) is 0 Å². The number of halogens is 1. The van der Waals surface area contributed by atoms with Crippen molar-refractivity contribution in [2.24, 2.45) is 5.41 Å². The molecule has 30 heavy (non-hydrogen) atoms. The molecule has 0 aliphatic carbocycles. The number of rotatable bonds is 14. The fourth-order valence-electron chi connectivity index (χ4n) is 2.89. The van der Waals surface area contributed by atoms with Gasteiger partial charge in [-0.15, -0.1) is 11.6 Å². The Balaban J connectivity index is 0. The minimum Gasteiger partial charge on any atom is -0.389 e. The summed E-state index contributed by atoms with van der Waals surface area (Å²) in [6, 6.07) is 0. The number of nitrogens with zero attached hydrogens (tertiary/aromatic N) is 1. The summed E-state index contributed by atoms with van der Waals surface area (Å²) in [6.45, 7) is 22.1. The molecular formula is C25H50ClN4+. The summed E-state index contributed by atoms with van der Waals surface area (Å²) in [5.41, 5.74) is 2.58. The van der Waals surface area contributed by atoms with Gasteiger partial charge in [0.1, 0.15) is 18.9 Å². The Hall–Kier alpha value is -1.42. The Morgan fingerprint density at radius 3 is 1.80 bits per heavy atom. The Bertz CT molecular complexity index is 504. The van der Waals surface area contributed by atoms with Crippen LogP contribution in [0, 0.1) is 5.41 Å². The van der Waals surface area contributed by atoms with Gasteiger partial charge in [-0.2, -0.15) is 0 Å². The maximum absolute atomic E-state index is 4.64. The molecule has 0 saturated heterocycles. The number of aromatic amines is 1. The van der Waals surface area contributed by atoms with Crippen LogP contribution in [0.1, 0.15) is 86.0 Å². The predicted octanol–water partition coefficient (Wildman–Crippen LogP) is 6.56. The molecule has 0 aromatic carbocycles. The summed E-state index contributed by atoms with van der Waals surface area (Å²) < 4.78 is 2.08. The molecule has 0 aliphatic rings. The van der Waals surface area contributed by atoms with Crippen molar-refractivity contribution in [1.29, 1.82) is 0 Å². The first-order valence-corrected chi connectivity index (χ1v) is 12.3. The minimum absolute atomic E-state index is 0.323. The number of unbranched alkanes of at least 4 members (excludes halogenated alkanes) is 5. The zero-order valence-electron chi connectivity index (χ0n) is 20.7. The standard InChI is InChI=1S/C21H38N4.C3H8.CH3Cl/c1-19(16-21(3,4)5)23-12-10-8-6-7-9-11-13-24-20(2)17-25-15-14-22-18-25;1-3-2;1-2/h14-15,18,23-24H,1-2,6-13,16-17H2,3-5H3;3H2,1-2H3;1H3/p+1. The molecule has 4 nitrogen and oxygen atoms in total. The van der Waals surface area contributed by atoms with Crippen LogP contribution >= 0.6 is 11.6 Å². The highest BCUT2D eigenvalue weighted by atomic mass is 35.5. The number of nitrogens with one attached hydrogen (secondary N) is 3. The minimum atomic E-state index is 0.323. The highest BCUT2D eigenvalue weighted by Crippen LogP contribution is 2.21. The lowest BCUT2D eigenvalue weighted by molar-refractivity contribution is -0.688. The molecule has 0 spiro atoms. The largest absolute Gasteiger partial charge is 0.389 e. The molecule has 3 N–H and O–H groups in total. The molecule has 0 radical (unpaired) electrons. The van der Waals surface area contributed by atoms with Crippen LogP contribution in [0.5, 0.6) is 0 Å². The summed E-state index contributed by atoms with van der Waals surface area (Å²) >= 11 is 4.64. The van der Waals surface area contributed by atoms with E-state index in [1.165, 1.54) is 57.0 Å². The molecule has 1 heterocycles. The normalized spacial score (nSPS) is 10.2. The van der Waals surface area contributed by atoms with Crippen molar-refractivity contribution in [3.63, 3.8) is 0 Å². The molecule has 0 fully saturated rings. The fraction of sp³-hybridized carbons (Fsp3) is 0.720. The van der Waals surface area contributed by atoms with Gasteiger partial charge in [0.25, 0.3) is 0 Å². The quantitative estimate of drug-likeness (QED) is 0.174. The molecule has 0 atom stereocenters. The van der Waals surface area contributed by atoms with Gasteiger partial charge in [0, 0.05) is 30.9 Å². The lowest BCUT2D eigenvalue weighted by Gasteiger charge is -2.20. The molecule has 0 unspecified atom stereocenters. The highest BCUT2D eigenvalue weighted by Gasteiger charge is 2.11. The highest BCUT2D eigenvalue weighted by molar-refractivity contribution is 6.15. The SMILES string of the molecule is C=C(C[n+]1cc[nH]c1)NCCCCCCCCNC(=C)CC(C)(C)C.CCC.CCl. The number of H-pyrrole nitrogens is 1. The van der Waals surface area contributed by atoms with Crippen LogP contribution in [0.2, 0.25) is 0 Å². The van der Waals surface area contributed by atoms with Gasteiger partial charge in [0.05, 0.1) is 0 Å². The zero-order valence-corrected chi connectivity index (χ0v) is 21.5. The number of alkyl halides is 1. The van der Waals surface area contributed by atoms with E-state index in [0.717, 1.165) is 31.8 Å². The van der Waals surface area contributed by atoms with Crippen molar-refractivity contribution >= 4 is 11.6 Å². The van der Waals surface area contributed by atoms with Crippen molar-refractivity contribution in [1.82, 2.24) is 15.6 Å². The smallest absolute Gasteiger partial charge is 0.241 e. The van der Waals surface area contributed by atoms with Crippen LogP contribution < -0.4 is 15.2 Å².